The minimum atomic E-state index is -2.13. The van der Waals surface area contributed by atoms with Crippen LogP contribution in [0.1, 0.15) is 63.0 Å². The third-order valence-corrected chi connectivity index (χ3v) is 10.6. The number of unbranched alkanes of at least 4 members (excludes halogenated alkanes) is 1. The number of hydrogen-bond acceptors (Lipinski definition) is 3. The molecule has 1 heterocycles. The molecule has 0 radical (unpaired) electrons. The third-order valence-electron chi connectivity index (χ3n) is 6.26. The fraction of sp³-hybridized carbons (Fsp3) is 0.464. The van der Waals surface area contributed by atoms with E-state index in [4.69, 9.17) is 18.3 Å². The van der Waals surface area contributed by atoms with E-state index in [1.165, 1.54) is 0 Å². The van der Waals surface area contributed by atoms with E-state index in [1.54, 1.807) is 7.11 Å². The van der Waals surface area contributed by atoms with Gasteiger partial charge in [-0.2, -0.15) is 0 Å². The zero-order valence-corrected chi connectivity index (χ0v) is 22.3. The lowest BCUT2D eigenvalue weighted by atomic mass is 9.98. The molecule has 1 aromatic heterocycles. The Morgan fingerprint density at radius 2 is 1.79 bits per heavy atom. The monoisotopic (exact) mass is 469 g/mol. The Hall–Kier alpha value is -2.37. The first-order chi connectivity index (χ1) is 15.6. The van der Waals surface area contributed by atoms with E-state index < -0.39 is 8.32 Å². The molecule has 0 saturated heterocycles. The summed E-state index contributed by atoms with van der Waals surface area (Å²) < 4.78 is 24.9. The highest BCUT2D eigenvalue weighted by atomic mass is 28.4. The molecule has 180 valence electrons. The molecule has 2 rings (SSSR count). The van der Waals surface area contributed by atoms with Gasteiger partial charge in [-0.05, 0) is 43.0 Å². The fourth-order valence-electron chi connectivity index (χ4n) is 3.21. The van der Waals surface area contributed by atoms with Gasteiger partial charge in [0.05, 0.1) is 25.7 Å². The highest BCUT2D eigenvalue weighted by molar-refractivity contribution is 6.74. The number of ether oxygens (including phenoxy) is 2. The molecule has 0 N–H and O–H groups in total. The molecule has 5 heteroatoms. The molecule has 2 aromatic rings. The van der Waals surface area contributed by atoms with Crippen LogP contribution in [0.15, 0.2) is 66.1 Å². The van der Waals surface area contributed by atoms with Crippen LogP contribution in [-0.2, 0) is 18.0 Å². The van der Waals surface area contributed by atoms with E-state index in [0.29, 0.717) is 30.5 Å². The standard InChI is InChI=1S/C28H41O4Si/c1-9-11-13-18-23(10-2)26-27(32-33(7,8)28(3,4)5)25(29-6)19-24(31-26)21-30-20-22-16-14-12-15-17-22/h9-10,12,14-17,19,23H,1-2,11,13,18,20-21H2,3-8H3/q+1. The van der Waals surface area contributed by atoms with E-state index in [2.05, 4.69) is 47.0 Å². The van der Waals surface area contributed by atoms with Crippen LogP contribution in [0.3, 0.4) is 0 Å². The third kappa shape index (κ3) is 7.58. The van der Waals surface area contributed by atoms with Crippen molar-refractivity contribution < 1.29 is 18.3 Å². The van der Waals surface area contributed by atoms with Gasteiger partial charge in [-0.3, -0.25) is 0 Å². The average molecular weight is 470 g/mol. The van der Waals surface area contributed by atoms with Crippen molar-refractivity contribution in [1.29, 1.82) is 0 Å². The van der Waals surface area contributed by atoms with Gasteiger partial charge in [-0.25, -0.2) is 4.42 Å². The van der Waals surface area contributed by atoms with Gasteiger partial charge >= 0.3 is 11.5 Å². The molecule has 1 unspecified atom stereocenters. The van der Waals surface area contributed by atoms with Gasteiger partial charge in [0.15, 0.2) is 12.4 Å². The van der Waals surface area contributed by atoms with Crippen molar-refractivity contribution in [1.82, 2.24) is 0 Å². The van der Waals surface area contributed by atoms with Crippen LogP contribution in [0.4, 0.5) is 0 Å². The summed E-state index contributed by atoms with van der Waals surface area (Å²) in [6.07, 6.45) is 6.71. The van der Waals surface area contributed by atoms with Crippen molar-refractivity contribution in [2.75, 3.05) is 7.11 Å². The summed E-state index contributed by atoms with van der Waals surface area (Å²) in [6, 6.07) is 12.0. The molecular formula is C28H41O4Si+. The zero-order chi connectivity index (χ0) is 24.5. The first-order valence-corrected chi connectivity index (χ1v) is 14.6. The van der Waals surface area contributed by atoms with Crippen LogP contribution < -0.4 is 9.16 Å². The SMILES string of the molecule is C=CCCCC(C=C)c1[o+]c(COCc2ccccc2)cc(OC)c1O[Si](C)(C)C(C)(C)C. The van der Waals surface area contributed by atoms with Gasteiger partial charge in [0.1, 0.15) is 0 Å². The lowest BCUT2D eigenvalue weighted by molar-refractivity contribution is 0.0896. The number of hydrogen-bond donors (Lipinski definition) is 0. The second-order valence-corrected chi connectivity index (χ2v) is 14.6. The molecule has 33 heavy (non-hydrogen) atoms. The Labute approximate surface area is 201 Å². The minimum absolute atomic E-state index is 0.00712. The topological polar surface area (TPSA) is 39.0 Å². The summed E-state index contributed by atoms with van der Waals surface area (Å²) in [5.74, 6) is 2.84. The predicted molar refractivity (Wildman–Crippen MR) is 139 cm³/mol. The smallest absolute Gasteiger partial charge is 0.380 e. The molecule has 0 aliphatic heterocycles. The second kappa shape index (κ2) is 12.2. The van der Waals surface area contributed by atoms with Crippen LogP contribution in [0.5, 0.6) is 11.5 Å². The van der Waals surface area contributed by atoms with Crippen LogP contribution in [0.2, 0.25) is 18.1 Å². The van der Waals surface area contributed by atoms with E-state index in [9.17, 15) is 0 Å². The molecule has 0 amide bonds. The second-order valence-electron chi connectivity index (χ2n) is 9.88. The van der Waals surface area contributed by atoms with Gasteiger partial charge in [0.25, 0.3) is 8.32 Å². The van der Waals surface area contributed by atoms with Crippen LogP contribution in [0, 0.1) is 0 Å². The largest absolute Gasteiger partial charge is 0.535 e. The summed E-state index contributed by atoms with van der Waals surface area (Å²) in [5.41, 5.74) is 1.12. The predicted octanol–water partition coefficient (Wildman–Crippen LogP) is 8.30. The summed E-state index contributed by atoms with van der Waals surface area (Å²) in [7, 11) is -0.457. The maximum Gasteiger partial charge on any atom is 0.380 e. The van der Waals surface area contributed by atoms with E-state index in [0.717, 1.165) is 30.6 Å². The van der Waals surface area contributed by atoms with Gasteiger partial charge in [-0.1, -0.05) is 63.3 Å². The molecule has 0 aliphatic carbocycles. The van der Waals surface area contributed by atoms with Crippen molar-refractivity contribution in [3.05, 3.63) is 78.8 Å². The van der Waals surface area contributed by atoms with Crippen molar-refractivity contribution in [3.8, 4) is 11.5 Å². The van der Waals surface area contributed by atoms with Crippen molar-refractivity contribution in [2.24, 2.45) is 0 Å². The number of benzene rings is 1. The van der Waals surface area contributed by atoms with Gasteiger partial charge in [-0.15, -0.1) is 13.2 Å². The fourth-order valence-corrected chi connectivity index (χ4v) is 4.23. The Morgan fingerprint density at radius 3 is 2.36 bits per heavy atom. The molecule has 1 atom stereocenters. The molecule has 4 nitrogen and oxygen atoms in total. The molecule has 0 saturated carbocycles. The van der Waals surface area contributed by atoms with Gasteiger partial charge in [0.2, 0.25) is 5.75 Å². The maximum absolute atomic E-state index is 6.75. The first kappa shape index (κ1) is 26.9. The highest BCUT2D eigenvalue weighted by Gasteiger charge is 2.43. The average Bonchev–Trinajstić information content (AvgIpc) is 2.77. The van der Waals surface area contributed by atoms with Crippen LogP contribution in [0.25, 0.3) is 0 Å². The van der Waals surface area contributed by atoms with E-state index in [1.807, 2.05) is 48.6 Å². The zero-order valence-electron chi connectivity index (χ0n) is 21.3. The lowest BCUT2D eigenvalue weighted by Gasteiger charge is -2.36. The van der Waals surface area contributed by atoms with Gasteiger partial charge in [0, 0.05) is 0 Å². The van der Waals surface area contributed by atoms with Crippen LogP contribution >= 0.6 is 0 Å². The molecule has 1 aromatic carbocycles. The molecule has 0 fully saturated rings. The summed E-state index contributed by atoms with van der Waals surface area (Å²) in [5, 5.41) is 0.0409. The van der Waals surface area contributed by atoms with Gasteiger partial charge < -0.3 is 13.9 Å². The van der Waals surface area contributed by atoms with Crippen LogP contribution in [-0.4, -0.2) is 15.4 Å². The Kier molecular flexibility index (Phi) is 9.93. The Balaban J connectivity index is 2.40. The Bertz CT molecular complexity index is 900. The normalized spacial score (nSPS) is 12.8. The summed E-state index contributed by atoms with van der Waals surface area (Å²) in [6.45, 7) is 19.9. The van der Waals surface area contributed by atoms with Crippen molar-refractivity contribution in [3.63, 3.8) is 0 Å². The minimum Gasteiger partial charge on any atom is -0.535 e. The number of rotatable bonds is 13. The molecule has 0 bridgehead atoms. The Morgan fingerprint density at radius 1 is 1.09 bits per heavy atom. The summed E-state index contributed by atoms with van der Waals surface area (Å²) >= 11 is 0. The molecule has 0 aliphatic rings. The summed E-state index contributed by atoms with van der Waals surface area (Å²) in [4.78, 5) is 0. The van der Waals surface area contributed by atoms with E-state index >= 15 is 0 Å². The number of methoxy groups -OCH3 is 1. The van der Waals surface area contributed by atoms with Crippen molar-refractivity contribution >= 4 is 8.32 Å². The molecular weight excluding hydrogens is 428 g/mol. The van der Waals surface area contributed by atoms with E-state index in [-0.39, 0.29) is 11.0 Å². The lowest BCUT2D eigenvalue weighted by Crippen LogP contribution is -2.44. The first-order valence-electron chi connectivity index (χ1n) is 11.7. The maximum atomic E-state index is 6.75. The van der Waals surface area contributed by atoms with Crippen molar-refractivity contribution in [2.45, 2.75) is 77.3 Å². The highest BCUT2D eigenvalue weighted by Crippen LogP contribution is 2.45. The molecule has 0 spiro atoms. The quantitative estimate of drug-likeness (QED) is 0.128. The number of allylic oxidation sites excluding steroid dienone is 2.